The van der Waals surface area contributed by atoms with Gasteiger partial charge in [-0.15, -0.1) is 11.3 Å². The van der Waals surface area contributed by atoms with E-state index < -0.39 is 0 Å². The first-order valence-electron chi connectivity index (χ1n) is 9.54. The molecule has 27 heavy (non-hydrogen) atoms. The second-order valence-corrected chi connectivity index (χ2v) is 8.05. The van der Waals surface area contributed by atoms with Gasteiger partial charge in [0, 0.05) is 18.0 Å². The third-order valence-corrected chi connectivity index (χ3v) is 6.18. The van der Waals surface area contributed by atoms with Crippen molar-refractivity contribution >= 4 is 27.5 Å². The van der Waals surface area contributed by atoms with Gasteiger partial charge in [0.2, 0.25) is 5.91 Å². The summed E-state index contributed by atoms with van der Waals surface area (Å²) in [5.74, 6) is 0.0127. The van der Waals surface area contributed by atoms with Crippen molar-refractivity contribution in [1.82, 2.24) is 14.5 Å². The van der Waals surface area contributed by atoms with Crippen LogP contribution in [0.5, 0.6) is 0 Å². The van der Waals surface area contributed by atoms with Crippen molar-refractivity contribution in [3.8, 4) is 10.4 Å². The molecule has 1 aliphatic rings. The summed E-state index contributed by atoms with van der Waals surface area (Å²) in [5, 5.41) is 0.585. The molecule has 0 spiro atoms. The maximum atomic E-state index is 12.9. The number of nitrogens with zero attached hydrogens (tertiary/aromatic N) is 3. The third-order valence-electron chi connectivity index (χ3n) is 5.09. The Kier molecular flexibility index (Phi) is 5.34. The van der Waals surface area contributed by atoms with Gasteiger partial charge in [-0.1, -0.05) is 49.6 Å². The van der Waals surface area contributed by atoms with Crippen LogP contribution in [-0.2, 0) is 11.3 Å². The highest BCUT2D eigenvalue weighted by Gasteiger charge is 2.17. The van der Waals surface area contributed by atoms with Crippen LogP contribution >= 0.6 is 11.3 Å². The number of carbonyl (C=O) groups is 1. The Labute approximate surface area is 162 Å². The standard InChI is InChI=1S/C21H23N3O2S/c25-19(23-11-7-2-1-3-8-12-23)14-24-15-22-20-17(21(24)26)13-18(27-20)16-9-5-4-6-10-16/h4-6,9-10,13,15H,1-3,7-8,11-12,14H2. The molecule has 0 unspecified atom stereocenters. The number of amides is 1. The molecule has 0 N–H and O–H groups in total. The second kappa shape index (κ2) is 8.05. The molecule has 5 nitrogen and oxygen atoms in total. The summed E-state index contributed by atoms with van der Waals surface area (Å²) >= 11 is 1.51. The van der Waals surface area contributed by atoms with Crippen LogP contribution in [0, 0.1) is 0 Å². The van der Waals surface area contributed by atoms with Crippen LogP contribution in [0.4, 0.5) is 0 Å². The van der Waals surface area contributed by atoms with Gasteiger partial charge in [0.05, 0.1) is 11.7 Å². The highest BCUT2D eigenvalue weighted by molar-refractivity contribution is 7.21. The third kappa shape index (κ3) is 3.95. The Balaban J connectivity index is 1.58. The number of likely N-dealkylation sites (tertiary alicyclic amines) is 1. The highest BCUT2D eigenvalue weighted by atomic mass is 32.1. The lowest BCUT2D eigenvalue weighted by Crippen LogP contribution is -2.38. The molecule has 0 aliphatic carbocycles. The average Bonchev–Trinajstić information content (AvgIpc) is 3.10. The van der Waals surface area contributed by atoms with E-state index in [2.05, 4.69) is 4.98 Å². The maximum Gasteiger partial charge on any atom is 0.262 e. The number of hydrogen-bond donors (Lipinski definition) is 0. The van der Waals surface area contributed by atoms with Crippen molar-refractivity contribution in [1.29, 1.82) is 0 Å². The molecule has 1 fully saturated rings. The van der Waals surface area contributed by atoms with E-state index in [1.165, 1.54) is 41.5 Å². The molecule has 1 aliphatic heterocycles. The molecule has 0 bridgehead atoms. The summed E-state index contributed by atoms with van der Waals surface area (Å²) in [7, 11) is 0. The molecule has 0 saturated carbocycles. The molecule has 4 rings (SSSR count). The molecule has 140 valence electrons. The van der Waals surface area contributed by atoms with Crippen molar-refractivity contribution in [2.75, 3.05) is 13.1 Å². The quantitative estimate of drug-likeness (QED) is 0.691. The van der Waals surface area contributed by atoms with E-state index in [1.54, 1.807) is 0 Å². The molecular formula is C21H23N3O2S. The summed E-state index contributed by atoms with van der Waals surface area (Å²) < 4.78 is 1.45. The number of aromatic nitrogens is 2. The minimum atomic E-state index is -0.140. The summed E-state index contributed by atoms with van der Waals surface area (Å²) in [6.45, 7) is 1.65. The number of fused-ring (bicyclic) bond motifs is 1. The van der Waals surface area contributed by atoms with Crippen LogP contribution in [-0.4, -0.2) is 33.4 Å². The van der Waals surface area contributed by atoms with Gasteiger partial charge in [-0.2, -0.15) is 0 Å². The maximum absolute atomic E-state index is 12.9. The molecule has 2 aromatic heterocycles. The van der Waals surface area contributed by atoms with Crippen LogP contribution < -0.4 is 5.56 Å². The van der Waals surface area contributed by atoms with Crippen molar-refractivity contribution in [3.05, 3.63) is 53.1 Å². The fraction of sp³-hybridized carbons (Fsp3) is 0.381. The first-order valence-corrected chi connectivity index (χ1v) is 10.4. The van der Waals surface area contributed by atoms with Gasteiger partial charge in [0.25, 0.3) is 5.56 Å². The van der Waals surface area contributed by atoms with E-state index in [0.717, 1.165) is 36.4 Å². The van der Waals surface area contributed by atoms with Crippen LogP contribution in [0.1, 0.15) is 32.1 Å². The molecule has 3 aromatic rings. The molecule has 6 heteroatoms. The molecule has 0 atom stereocenters. The lowest BCUT2D eigenvalue weighted by atomic mass is 10.1. The second-order valence-electron chi connectivity index (χ2n) is 7.02. The Morgan fingerprint density at radius 1 is 1.04 bits per heavy atom. The molecular weight excluding hydrogens is 358 g/mol. The summed E-state index contributed by atoms with van der Waals surface area (Å²) in [4.78, 5) is 33.6. The van der Waals surface area contributed by atoms with Gasteiger partial charge in [-0.05, 0) is 24.5 Å². The SMILES string of the molecule is O=C(Cn1cnc2sc(-c3ccccc3)cc2c1=O)N1CCCCCCC1. The fourth-order valence-electron chi connectivity index (χ4n) is 3.56. The molecule has 1 amide bonds. The van der Waals surface area contributed by atoms with Crippen molar-refractivity contribution in [2.45, 2.75) is 38.6 Å². The van der Waals surface area contributed by atoms with Crippen LogP contribution in [0.3, 0.4) is 0 Å². The van der Waals surface area contributed by atoms with E-state index >= 15 is 0 Å². The zero-order valence-corrected chi connectivity index (χ0v) is 16.1. The minimum absolute atomic E-state index is 0.0127. The number of rotatable bonds is 3. The zero-order valence-electron chi connectivity index (χ0n) is 15.3. The summed E-state index contributed by atoms with van der Waals surface area (Å²) in [6, 6.07) is 11.9. The Morgan fingerprint density at radius 3 is 2.48 bits per heavy atom. The predicted octanol–water partition coefficient (Wildman–Crippen LogP) is 3.92. The average molecular weight is 382 g/mol. The van der Waals surface area contributed by atoms with E-state index in [0.29, 0.717) is 10.2 Å². The normalized spacial score (nSPS) is 15.5. The summed E-state index contributed by atoms with van der Waals surface area (Å²) in [5.41, 5.74) is 0.932. The van der Waals surface area contributed by atoms with Crippen LogP contribution in [0.25, 0.3) is 20.7 Å². The van der Waals surface area contributed by atoms with Gasteiger partial charge in [0.15, 0.2) is 0 Å². The Bertz CT molecular complexity index is 986. The lowest BCUT2D eigenvalue weighted by Gasteiger charge is -2.25. The molecule has 3 heterocycles. The van der Waals surface area contributed by atoms with Crippen molar-refractivity contribution in [2.24, 2.45) is 0 Å². The Morgan fingerprint density at radius 2 is 1.74 bits per heavy atom. The molecule has 1 aromatic carbocycles. The predicted molar refractivity (Wildman–Crippen MR) is 109 cm³/mol. The van der Waals surface area contributed by atoms with Crippen molar-refractivity contribution in [3.63, 3.8) is 0 Å². The van der Waals surface area contributed by atoms with Crippen LogP contribution in [0.2, 0.25) is 0 Å². The lowest BCUT2D eigenvalue weighted by molar-refractivity contribution is -0.132. The first kappa shape index (κ1) is 17.9. The van der Waals surface area contributed by atoms with Gasteiger partial charge in [-0.25, -0.2) is 4.98 Å². The number of hydrogen-bond acceptors (Lipinski definition) is 4. The largest absolute Gasteiger partial charge is 0.341 e. The zero-order chi connectivity index (χ0) is 18.6. The van der Waals surface area contributed by atoms with Gasteiger partial charge < -0.3 is 4.90 Å². The molecule has 1 saturated heterocycles. The highest BCUT2D eigenvalue weighted by Crippen LogP contribution is 2.30. The number of thiophene rings is 1. The minimum Gasteiger partial charge on any atom is -0.341 e. The van der Waals surface area contributed by atoms with Gasteiger partial charge in [0.1, 0.15) is 11.4 Å². The monoisotopic (exact) mass is 381 g/mol. The fourth-order valence-corrected chi connectivity index (χ4v) is 4.55. The van der Waals surface area contributed by atoms with Crippen LogP contribution in [0.15, 0.2) is 47.5 Å². The molecule has 0 radical (unpaired) electrons. The number of carbonyl (C=O) groups excluding carboxylic acids is 1. The van der Waals surface area contributed by atoms with Gasteiger partial charge >= 0.3 is 0 Å². The first-order chi connectivity index (χ1) is 13.2. The van der Waals surface area contributed by atoms with E-state index in [4.69, 9.17) is 0 Å². The van der Waals surface area contributed by atoms with Crippen molar-refractivity contribution < 1.29 is 4.79 Å². The Hall–Kier alpha value is -2.47. The van der Waals surface area contributed by atoms with E-state index in [1.807, 2.05) is 41.3 Å². The van der Waals surface area contributed by atoms with E-state index in [-0.39, 0.29) is 18.0 Å². The van der Waals surface area contributed by atoms with Gasteiger partial charge in [-0.3, -0.25) is 14.2 Å². The smallest absolute Gasteiger partial charge is 0.262 e. The van der Waals surface area contributed by atoms with E-state index in [9.17, 15) is 9.59 Å². The number of benzene rings is 1. The summed E-state index contributed by atoms with van der Waals surface area (Å²) in [6.07, 6.45) is 7.20. The topological polar surface area (TPSA) is 55.2 Å².